The highest BCUT2D eigenvalue weighted by Crippen LogP contribution is 2.33. The van der Waals surface area contributed by atoms with Crippen LogP contribution in [0.5, 0.6) is 0 Å². The van der Waals surface area contributed by atoms with Crippen LogP contribution in [0.3, 0.4) is 0 Å². The van der Waals surface area contributed by atoms with E-state index in [0.29, 0.717) is 0 Å². The maximum atomic E-state index is 6.62. The van der Waals surface area contributed by atoms with E-state index in [-0.39, 0.29) is 0 Å². The maximum Gasteiger partial charge on any atom is 0.165 e. The van der Waals surface area contributed by atoms with Gasteiger partial charge in [-0.15, -0.1) is 0 Å². The number of hydrogen-bond acceptors (Lipinski definition) is 2. The summed E-state index contributed by atoms with van der Waals surface area (Å²) in [5.74, 6) is 0. The van der Waals surface area contributed by atoms with Gasteiger partial charge >= 0.3 is 0 Å². The van der Waals surface area contributed by atoms with Crippen molar-refractivity contribution >= 4 is 17.2 Å². The smallest absolute Gasteiger partial charge is 0.165 e. The molecular formula is C18H18ClN3. The first-order valence-electron chi connectivity index (χ1n) is 7.79. The minimum atomic E-state index is 0.737. The summed E-state index contributed by atoms with van der Waals surface area (Å²) in [5, 5.41) is 5.38. The average Bonchev–Trinajstić information content (AvgIpc) is 2.85. The third-order valence-corrected chi connectivity index (χ3v) is 4.88. The van der Waals surface area contributed by atoms with Crippen LogP contribution in [0.15, 0.2) is 24.3 Å². The molecule has 4 heteroatoms. The summed E-state index contributed by atoms with van der Waals surface area (Å²) < 4.78 is 1.82. The van der Waals surface area contributed by atoms with Gasteiger partial charge in [0.1, 0.15) is 5.15 Å². The lowest BCUT2D eigenvalue weighted by atomic mass is 9.97. The van der Waals surface area contributed by atoms with Crippen LogP contribution in [-0.4, -0.2) is 14.6 Å². The Morgan fingerprint density at radius 1 is 1.05 bits per heavy atom. The van der Waals surface area contributed by atoms with Gasteiger partial charge in [-0.25, -0.2) is 9.50 Å². The Morgan fingerprint density at radius 3 is 2.55 bits per heavy atom. The van der Waals surface area contributed by atoms with Gasteiger partial charge in [0.2, 0.25) is 0 Å². The zero-order chi connectivity index (χ0) is 15.3. The molecule has 0 aliphatic heterocycles. The molecule has 0 spiro atoms. The molecule has 0 N–H and O–H groups in total. The number of fused-ring (bicyclic) bond motifs is 2. The van der Waals surface area contributed by atoms with Gasteiger partial charge in [-0.2, -0.15) is 5.10 Å². The van der Waals surface area contributed by atoms with Crippen molar-refractivity contribution in [1.29, 1.82) is 0 Å². The topological polar surface area (TPSA) is 30.2 Å². The van der Waals surface area contributed by atoms with E-state index in [1.807, 2.05) is 11.4 Å². The van der Waals surface area contributed by atoms with Crippen LogP contribution in [-0.2, 0) is 12.8 Å². The van der Waals surface area contributed by atoms with Crippen molar-refractivity contribution in [2.45, 2.75) is 39.5 Å². The molecule has 0 saturated carbocycles. The molecule has 0 unspecified atom stereocenters. The van der Waals surface area contributed by atoms with Gasteiger partial charge in [-0.3, -0.25) is 0 Å². The number of aryl methyl sites for hydroxylation is 3. The Hall–Kier alpha value is -1.87. The molecule has 3 aromatic rings. The van der Waals surface area contributed by atoms with E-state index in [1.54, 1.807) is 0 Å². The average molecular weight is 312 g/mol. The number of halogens is 1. The lowest BCUT2D eigenvalue weighted by Gasteiger charge is -2.16. The molecule has 3 nitrogen and oxygen atoms in total. The first-order chi connectivity index (χ1) is 10.6. The lowest BCUT2D eigenvalue weighted by Crippen LogP contribution is -2.10. The van der Waals surface area contributed by atoms with Crippen LogP contribution in [0.25, 0.3) is 16.8 Å². The maximum absolute atomic E-state index is 6.62. The second kappa shape index (κ2) is 5.10. The summed E-state index contributed by atoms with van der Waals surface area (Å²) in [6, 6.07) is 8.51. The third kappa shape index (κ3) is 2.03. The van der Waals surface area contributed by atoms with E-state index in [1.165, 1.54) is 24.0 Å². The Labute approximate surface area is 135 Å². The molecule has 1 aliphatic carbocycles. The van der Waals surface area contributed by atoms with E-state index in [0.717, 1.165) is 46.2 Å². The Kier molecular flexibility index (Phi) is 3.19. The van der Waals surface area contributed by atoms with Crippen LogP contribution < -0.4 is 0 Å². The van der Waals surface area contributed by atoms with E-state index in [2.05, 4.69) is 36.3 Å². The normalized spacial score (nSPS) is 14.3. The predicted octanol–water partition coefficient (Wildman–Crippen LogP) is 4.55. The van der Waals surface area contributed by atoms with E-state index in [9.17, 15) is 0 Å². The minimum Gasteiger partial charge on any atom is -0.233 e. The largest absolute Gasteiger partial charge is 0.233 e. The molecule has 2 aromatic heterocycles. The second-order valence-electron chi connectivity index (χ2n) is 6.10. The van der Waals surface area contributed by atoms with Crippen LogP contribution in [0.2, 0.25) is 5.15 Å². The first-order valence-corrected chi connectivity index (χ1v) is 8.16. The fraction of sp³-hybridized carbons (Fsp3) is 0.333. The van der Waals surface area contributed by atoms with E-state index in [4.69, 9.17) is 16.6 Å². The number of nitrogens with zero attached hydrogens (tertiary/aromatic N) is 3. The molecule has 112 valence electrons. The summed E-state index contributed by atoms with van der Waals surface area (Å²) >= 11 is 6.62. The van der Waals surface area contributed by atoms with Crippen LogP contribution >= 0.6 is 11.6 Å². The van der Waals surface area contributed by atoms with Crippen LogP contribution in [0.4, 0.5) is 0 Å². The molecule has 1 aromatic carbocycles. The second-order valence-corrected chi connectivity index (χ2v) is 6.45. The number of hydrogen-bond donors (Lipinski definition) is 0. The van der Waals surface area contributed by atoms with Crippen LogP contribution in [0, 0.1) is 13.8 Å². The van der Waals surface area contributed by atoms with Crippen LogP contribution in [0.1, 0.15) is 35.4 Å². The molecule has 4 rings (SSSR count). The quantitative estimate of drug-likeness (QED) is 0.617. The molecule has 0 bridgehead atoms. The first kappa shape index (κ1) is 13.8. The molecule has 0 atom stereocenters. The van der Waals surface area contributed by atoms with Crippen molar-refractivity contribution in [3.8, 4) is 11.1 Å². The van der Waals surface area contributed by atoms with Gasteiger partial charge in [-0.05, 0) is 45.1 Å². The molecule has 0 fully saturated rings. The van der Waals surface area contributed by atoms with Crippen molar-refractivity contribution < 1.29 is 0 Å². The van der Waals surface area contributed by atoms with Crippen molar-refractivity contribution in [1.82, 2.24) is 14.6 Å². The molecule has 1 aliphatic rings. The number of aromatic nitrogens is 3. The standard InChI is InChI=1S/C18H18ClN3/c1-11-7-9-13(10-8-11)16-12(2)21-22-17(19)14-5-3-4-6-15(14)20-18(16)22/h7-10H,3-6H2,1-2H3. The van der Waals surface area contributed by atoms with E-state index >= 15 is 0 Å². The monoisotopic (exact) mass is 311 g/mol. The number of rotatable bonds is 1. The summed E-state index contributed by atoms with van der Waals surface area (Å²) in [7, 11) is 0. The van der Waals surface area contributed by atoms with E-state index < -0.39 is 0 Å². The highest BCUT2D eigenvalue weighted by molar-refractivity contribution is 6.30. The Morgan fingerprint density at radius 2 is 1.77 bits per heavy atom. The predicted molar refractivity (Wildman–Crippen MR) is 89.5 cm³/mol. The molecule has 0 saturated heterocycles. The zero-order valence-corrected chi connectivity index (χ0v) is 13.6. The van der Waals surface area contributed by atoms with Crippen molar-refractivity contribution in [2.24, 2.45) is 0 Å². The highest BCUT2D eigenvalue weighted by Gasteiger charge is 2.21. The molecule has 0 amide bonds. The van der Waals surface area contributed by atoms with Gasteiger partial charge in [0, 0.05) is 16.8 Å². The van der Waals surface area contributed by atoms with Gasteiger partial charge < -0.3 is 0 Å². The SMILES string of the molecule is Cc1ccc(-c2c(C)nn3c(Cl)c4c(nc23)CCCC4)cc1. The zero-order valence-electron chi connectivity index (χ0n) is 12.9. The molecule has 0 radical (unpaired) electrons. The van der Waals surface area contributed by atoms with Crippen molar-refractivity contribution in [3.05, 3.63) is 51.9 Å². The fourth-order valence-electron chi connectivity index (χ4n) is 3.30. The highest BCUT2D eigenvalue weighted by atomic mass is 35.5. The van der Waals surface area contributed by atoms with Crippen molar-refractivity contribution in [2.75, 3.05) is 0 Å². The summed E-state index contributed by atoms with van der Waals surface area (Å²) in [6.07, 6.45) is 4.41. The van der Waals surface area contributed by atoms with Crippen molar-refractivity contribution in [3.63, 3.8) is 0 Å². The Bertz CT molecular complexity index is 862. The Balaban J connectivity index is 2.01. The summed E-state index contributed by atoms with van der Waals surface area (Å²) in [6.45, 7) is 4.12. The van der Waals surface area contributed by atoms with Gasteiger partial charge in [0.15, 0.2) is 5.65 Å². The van der Waals surface area contributed by atoms with Gasteiger partial charge in [0.25, 0.3) is 0 Å². The number of benzene rings is 1. The van der Waals surface area contributed by atoms with Gasteiger partial charge in [0.05, 0.1) is 5.69 Å². The third-order valence-electron chi connectivity index (χ3n) is 4.49. The van der Waals surface area contributed by atoms with Gasteiger partial charge in [-0.1, -0.05) is 41.4 Å². The molecular weight excluding hydrogens is 294 g/mol. The fourth-order valence-corrected chi connectivity index (χ4v) is 3.63. The molecule has 2 heterocycles. The molecule has 22 heavy (non-hydrogen) atoms. The summed E-state index contributed by atoms with van der Waals surface area (Å²) in [5.41, 5.74) is 7.68. The lowest BCUT2D eigenvalue weighted by molar-refractivity contribution is 0.660. The minimum absolute atomic E-state index is 0.737. The summed E-state index contributed by atoms with van der Waals surface area (Å²) in [4.78, 5) is 4.91.